The molecule has 1 aromatic heterocycles. The lowest BCUT2D eigenvalue weighted by Crippen LogP contribution is -2.41. The molecule has 1 N–H and O–H groups in total. The first-order chi connectivity index (χ1) is 12.0. The standard InChI is InChI=1S/C19H25N5O/c1-14-11-16(23(2)3)6-7-17(14)22-19(25)15-5-4-10-24(13-15)18-12-20-8-9-21-18/h6-9,11-12,15H,4-5,10,13H2,1-3H3,(H,22,25)/t15-/m0/s1. The van der Waals surface area contributed by atoms with E-state index in [-0.39, 0.29) is 11.8 Å². The van der Waals surface area contributed by atoms with Crippen molar-refractivity contribution < 1.29 is 4.79 Å². The van der Waals surface area contributed by atoms with E-state index < -0.39 is 0 Å². The number of nitrogens with one attached hydrogen (secondary N) is 1. The highest BCUT2D eigenvalue weighted by Gasteiger charge is 2.27. The van der Waals surface area contributed by atoms with Gasteiger partial charge in [0.25, 0.3) is 0 Å². The van der Waals surface area contributed by atoms with Crippen LogP contribution < -0.4 is 15.1 Å². The highest BCUT2D eigenvalue weighted by atomic mass is 16.1. The largest absolute Gasteiger partial charge is 0.378 e. The maximum atomic E-state index is 12.7. The SMILES string of the molecule is Cc1cc(N(C)C)ccc1NC(=O)[C@H]1CCCN(c2cnccn2)C1. The summed E-state index contributed by atoms with van der Waals surface area (Å²) in [5, 5.41) is 3.10. The number of hydrogen-bond acceptors (Lipinski definition) is 5. The van der Waals surface area contributed by atoms with E-state index in [0.717, 1.165) is 42.1 Å². The molecule has 0 radical (unpaired) electrons. The lowest BCUT2D eigenvalue weighted by Gasteiger charge is -2.32. The van der Waals surface area contributed by atoms with Gasteiger partial charge in [0, 0.05) is 51.0 Å². The summed E-state index contributed by atoms with van der Waals surface area (Å²) in [5.41, 5.74) is 3.08. The first-order valence-electron chi connectivity index (χ1n) is 8.64. The van der Waals surface area contributed by atoms with Gasteiger partial charge in [-0.2, -0.15) is 0 Å². The molecular formula is C19H25N5O. The Balaban J connectivity index is 1.67. The van der Waals surface area contributed by atoms with Crippen LogP contribution in [0, 0.1) is 12.8 Å². The molecule has 0 spiro atoms. The molecule has 1 atom stereocenters. The molecule has 0 aliphatic carbocycles. The number of aromatic nitrogens is 2. The van der Waals surface area contributed by atoms with E-state index in [1.807, 2.05) is 33.2 Å². The van der Waals surface area contributed by atoms with E-state index in [4.69, 9.17) is 0 Å². The Morgan fingerprint density at radius 3 is 2.84 bits per heavy atom. The Kier molecular flexibility index (Phi) is 5.16. The van der Waals surface area contributed by atoms with Crippen molar-refractivity contribution in [2.75, 3.05) is 42.3 Å². The molecule has 0 unspecified atom stereocenters. The highest BCUT2D eigenvalue weighted by molar-refractivity contribution is 5.94. The van der Waals surface area contributed by atoms with E-state index in [1.54, 1.807) is 18.6 Å². The third-order valence-electron chi connectivity index (χ3n) is 4.65. The minimum Gasteiger partial charge on any atom is -0.378 e. The van der Waals surface area contributed by atoms with E-state index in [9.17, 15) is 4.79 Å². The van der Waals surface area contributed by atoms with Crippen molar-refractivity contribution in [3.63, 3.8) is 0 Å². The summed E-state index contributed by atoms with van der Waals surface area (Å²) in [6.07, 6.45) is 6.99. The van der Waals surface area contributed by atoms with Crippen LogP contribution in [0.4, 0.5) is 17.2 Å². The molecule has 1 amide bonds. The third kappa shape index (κ3) is 4.07. The summed E-state index contributed by atoms with van der Waals surface area (Å²) in [4.78, 5) is 25.4. The van der Waals surface area contributed by atoms with Gasteiger partial charge in [0.2, 0.25) is 5.91 Å². The van der Waals surface area contributed by atoms with Gasteiger partial charge in [0.05, 0.1) is 12.1 Å². The van der Waals surface area contributed by atoms with Crippen molar-refractivity contribution in [1.29, 1.82) is 0 Å². The second-order valence-electron chi connectivity index (χ2n) is 6.73. The Bertz CT molecular complexity index is 732. The third-order valence-corrected chi connectivity index (χ3v) is 4.65. The van der Waals surface area contributed by atoms with Gasteiger partial charge in [-0.15, -0.1) is 0 Å². The number of hydrogen-bond donors (Lipinski definition) is 1. The maximum Gasteiger partial charge on any atom is 0.229 e. The fourth-order valence-electron chi connectivity index (χ4n) is 3.15. The Hall–Kier alpha value is -2.63. The van der Waals surface area contributed by atoms with Crippen molar-refractivity contribution >= 4 is 23.1 Å². The predicted molar refractivity (Wildman–Crippen MR) is 101 cm³/mol. The fraction of sp³-hybridized carbons (Fsp3) is 0.421. The van der Waals surface area contributed by atoms with Crippen molar-refractivity contribution in [2.45, 2.75) is 19.8 Å². The quantitative estimate of drug-likeness (QED) is 0.928. The summed E-state index contributed by atoms with van der Waals surface area (Å²) in [6.45, 7) is 3.62. The number of amides is 1. The average molecular weight is 339 g/mol. The Morgan fingerprint density at radius 2 is 2.16 bits per heavy atom. The van der Waals surface area contributed by atoms with Crippen LogP contribution in [0.15, 0.2) is 36.8 Å². The van der Waals surface area contributed by atoms with Crippen molar-refractivity contribution in [3.05, 3.63) is 42.4 Å². The molecule has 2 heterocycles. The van der Waals surface area contributed by atoms with Gasteiger partial charge in [-0.25, -0.2) is 4.98 Å². The smallest absolute Gasteiger partial charge is 0.229 e. The lowest BCUT2D eigenvalue weighted by atomic mass is 9.97. The van der Waals surface area contributed by atoms with Gasteiger partial charge in [0.1, 0.15) is 5.82 Å². The van der Waals surface area contributed by atoms with E-state index in [1.165, 1.54) is 0 Å². The van der Waals surface area contributed by atoms with E-state index in [0.29, 0.717) is 6.54 Å². The van der Waals surface area contributed by atoms with Gasteiger partial charge in [-0.3, -0.25) is 9.78 Å². The van der Waals surface area contributed by atoms with Crippen LogP contribution in [0.5, 0.6) is 0 Å². The van der Waals surface area contributed by atoms with Crippen LogP contribution in [0.1, 0.15) is 18.4 Å². The average Bonchev–Trinajstić information content (AvgIpc) is 2.64. The van der Waals surface area contributed by atoms with Crippen LogP contribution in [-0.4, -0.2) is 43.1 Å². The summed E-state index contributed by atoms with van der Waals surface area (Å²) in [5.74, 6) is 0.879. The molecular weight excluding hydrogens is 314 g/mol. The molecule has 25 heavy (non-hydrogen) atoms. The number of anilines is 3. The fourth-order valence-corrected chi connectivity index (χ4v) is 3.15. The number of carbonyl (C=O) groups is 1. The van der Waals surface area contributed by atoms with E-state index in [2.05, 4.69) is 31.2 Å². The first-order valence-corrected chi connectivity index (χ1v) is 8.64. The van der Waals surface area contributed by atoms with Gasteiger partial charge in [-0.1, -0.05) is 0 Å². The minimum absolute atomic E-state index is 0.0383. The molecule has 6 heteroatoms. The molecule has 1 aliphatic heterocycles. The lowest BCUT2D eigenvalue weighted by molar-refractivity contribution is -0.120. The number of rotatable bonds is 4. The van der Waals surface area contributed by atoms with Crippen LogP contribution in [0.3, 0.4) is 0 Å². The normalized spacial score (nSPS) is 17.2. The maximum absolute atomic E-state index is 12.7. The van der Waals surface area contributed by atoms with Crippen molar-refractivity contribution in [1.82, 2.24) is 9.97 Å². The van der Waals surface area contributed by atoms with Gasteiger partial charge in [0.15, 0.2) is 0 Å². The Labute approximate surface area is 148 Å². The summed E-state index contributed by atoms with van der Waals surface area (Å²) < 4.78 is 0. The number of piperidine rings is 1. The molecule has 1 aliphatic rings. The van der Waals surface area contributed by atoms with Crippen molar-refractivity contribution in [3.8, 4) is 0 Å². The van der Waals surface area contributed by atoms with Gasteiger partial charge in [-0.05, 0) is 43.5 Å². The zero-order valence-electron chi connectivity index (χ0n) is 15.1. The van der Waals surface area contributed by atoms with Crippen LogP contribution in [0.2, 0.25) is 0 Å². The zero-order chi connectivity index (χ0) is 17.8. The topological polar surface area (TPSA) is 61.4 Å². The summed E-state index contributed by atoms with van der Waals surface area (Å²) in [7, 11) is 4.02. The predicted octanol–water partition coefficient (Wildman–Crippen LogP) is 2.71. The number of aryl methyl sites for hydroxylation is 1. The number of nitrogens with zero attached hydrogens (tertiary/aromatic N) is 4. The first kappa shape index (κ1) is 17.2. The molecule has 132 valence electrons. The zero-order valence-corrected chi connectivity index (χ0v) is 15.1. The van der Waals surface area contributed by atoms with Crippen molar-refractivity contribution in [2.24, 2.45) is 5.92 Å². The van der Waals surface area contributed by atoms with Crippen LogP contribution in [-0.2, 0) is 4.79 Å². The van der Waals surface area contributed by atoms with Gasteiger partial charge >= 0.3 is 0 Å². The van der Waals surface area contributed by atoms with Crippen LogP contribution in [0.25, 0.3) is 0 Å². The molecule has 0 saturated carbocycles. The molecule has 3 rings (SSSR count). The monoisotopic (exact) mass is 339 g/mol. The molecule has 1 fully saturated rings. The molecule has 1 aromatic carbocycles. The Morgan fingerprint density at radius 1 is 1.32 bits per heavy atom. The second kappa shape index (κ2) is 7.51. The van der Waals surface area contributed by atoms with Crippen LogP contribution >= 0.6 is 0 Å². The number of carbonyl (C=O) groups excluding carboxylic acids is 1. The summed E-state index contributed by atoms with van der Waals surface area (Å²) >= 11 is 0. The molecule has 1 saturated heterocycles. The minimum atomic E-state index is -0.0383. The molecule has 6 nitrogen and oxygen atoms in total. The number of benzene rings is 1. The van der Waals surface area contributed by atoms with E-state index >= 15 is 0 Å². The highest BCUT2D eigenvalue weighted by Crippen LogP contribution is 2.25. The molecule has 0 bridgehead atoms. The summed E-state index contributed by atoms with van der Waals surface area (Å²) in [6, 6.07) is 6.09. The second-order valence-corrected chi connectivity index (χ2v) is 6.73. The molecule has 2 aromatic rings. The van der Waals surface area contributed by atoms with Gasteiger partial charge < -0.3 is 15.1 Å².